The maximum absolute atomic E-state index is 13.3. The van der Waals surface area contributed by atoms with E-state index in [1.54, 1.807) is 18.1 Å². The van der Waals surface area contributed by atoms with Gasteiger partial charge in [-0.25, -0.2) is 4.98 Å². The lowest BCUT2D eigenvalue weighted by Gasteiger charge is -2.48. The molecule has 0 bridgehead atoms. The predicted octanol–water partition coefficient (Wildman–Crippen LogP) is 2.71. The van der Waals surface area contributed by atoms with Crippen molar-refractivity contribution in [3.8, 4) is 22.9 Å². The van der Waals surface area contributed by atoms with E-state index >= 15 is 0 Å². The first kappa shape index (κ1) is 23.0. The summed E-state index contributed by atoms with van der Waals surface area (Å²) in [6, 6.07) is 11.1. The van der Waals surface area contributed by atoms with Crippen LogP contribution in [0.25, 0.3) is 11.3 Å². The largest absolute Gasteiger partial charge is 0.497 e. The molecule has 0 unspecified atom stereocenters. The van der Waals surface area contributed by atoms with Crippen molar-refractivity contribution in [2.45, 2.75) is 37.6 Å². The molecule has 2 fully saturated rings. The third kappa shape index (κ3) is 4.53. The first-order valence-electron chi connectivity index (χ1n) is 11.5. The lowest BCUT2D eigenvalue weighted by molar-refractivity contribution is -0.134. The molecule has 2 amide bonds. The van der Waals surface area contributed by atoms with E-state index in [2.05, 4.69) is 9.88 Å². The number of amides is 2. The minimum Gasteiger partial charge on any atom is -0.497 e. The molecule has 8 nitrogen and oxygen atoms in total. The minimum absolute atomic E-state index is 0.141. The summed E-state index contributed by atoms with van der Waals surface area (Å²) in [7, 11) is 3.14. The number of hydrogen-bond acceptors (Lipinski definition) is 6. The molecular formula is C25H32N4O4. The van der Waals surface area contributed by atoms with Crippen LogP contribution in [0.2, 0.25) is 0 Å². The maximum Gasteiger partial charge on any atom is 0.259 e. The lowest BCUT2D eigenvalue weighted by Crippen LogP contribution is -2.63. The fourth-order valence-corrected chi connectivity index (χ4v) is 4.97. The minimum atomic E-state index is -0.655. The van der Waals surface area contributed by atoms with E-state index in [1.165, 1.54) is 13.5 Å². The van der Waals surface area contributed by atoms with E-state index < -0.39 is 5.54 Å². The normalized spacial score (nSPS) is 18.5. The maximum atomic E-state index is 13.3. The fourth-order valence-electron chi connectivity index (χ4n) is 4.97. The summed E-state index contributed by atoms with van der Waals surface area (Å²) in [5, 5.41) is 0. The molecule has 3 heterocycles. The van der Waals surface area contributed by atoms with Crippen LogP contribution in [0.4, 0.5) is 0 Å². The van der Waals surface area contributed by atoms with Gasteiger partial charge in [0.25, 0.3) is 5.91 Å². The van der Waals surface area contributed by atoms with Gasteiger partial charge in [0.1, 0.15) is 16.9 Å². The molecule has 2 aliphatic rings. The number of carbonyl (C=O) groups is 2. The van der Waals surface area contributed by atoms with Crippen LogP contribution in [0.15, 0.2) is 36.4 Å². The predicted molar refractivity (Wildman–Crippen MR) is 125 cm³/mol. The van der Waals surface area contributed by atoms with E-state index in [0.29, 0.717) is 37.2 Å². The third-order valence-corrected chi connectivity index (χ3v) is 6.97. The monoisotopic (exact) mass is 452 g/mol. The SMILES string of the molecule is COc1ccc(-c2ccc(C(=O)N3CCC(C(N)=O)(N4CCCCC4)CC3)c(OC)n2)cc1. The molecule has 2 N–H and O–H groups in total. The van der Waals surface area contributed by atoms with Crippen molar-refractivity contribution in [1.29, 1.82) is 0 Å². The van der Waals surface area contributed by atoms with Crippen LogP contribution in [0.3, 0.4) is 0 Å². The second kappa shape index (κ2) is 9.79. The van der Waals surface area contributed by atoms with Crippen LogP contribution in [0.1, 0.15) is 42.5 Å². The van der Waals surface area contributed by atoms with Gasteiger partial charge in [0.05, 0.1) is 19.9 Å². The number of benzene rings is 1. The molecule has 33 heavy (non-hydrogen) atoms. The molecular weight excluding hydrogens is 420 g/mol. The van der Waals surface area contributed by atoms with E-state index in [4.69, 9.17) is 15.2 Å². The van der Waals surface area contributed by atoms with Gasteiger partial charge in [0, 0.05) is 18.7 Å². The first-order chi connectivity index (χ1) is 16.0. The summed E-state index contributed by atoms with van der Waals surface area (Å²) in [6.45, 7) is 2.73. The highest BCUT2D eigenvalue weighted by Gasteiger charge is 2.46. The molecule has 2 saturated heterocycles. The number of likely N-dealkylation sites (tertiary alicyclic amines) is 2. The topological polar surface area (TPSA) is 98.0 Å². The van der Waals surface area contributed by atoms with Gasteiger partial charge in [-0.2, -0.15) is 0 Å². The van der Waals surface area contributed by atoms with Crippen LogP contribution in [-0.4, -0.2) is 72.5 Å². The summed E-state index contributed by atoms with van der Waals surface area (Å²) in [5.41, 5.74) is 7.25. The van der Waals surface area contributed by atoms with Crippen LogP contribution < -0.4 is 15.2 Å². The molecule has 4 rings (SSSR count). The number of carbonyl (C=O) groups excluding carboxylic acids is 2. The quantitative estimate of drug-likeness (QED) is 0.724. The van der Waals surface area contributed by atoms with Gasteiger partial charge >= 0.3 is 0 Å². The average molecular weight is 453 g/mol. The molecule has 0 radical (unpaired) electrons. The molecule has 176 valence electrons. The van der Waals surface area contributed by atoms with E-state index in [0.717, 1.165) is 37.2 Å². The van der Waals surface area contributed by atoms with Gasteiger partial charge < -0.3 is 20.1 Å². The summed E-state index contributed by atoms with van der Waals surface area (Å²) in [4.78, 5) is 34.4. The number of aromatic nitrogens is 1. The fraction of sp³-hybridized carbons (Fsp3) is 0.480. The third-order valence-electron chi connectivity index (χ3n) is 6.97. The number of pyridine rings is 1. The Bertz CT molecular complexity index is 994. The molecule has 1 aromatic carbocycles. The van der Waals surface area contributed by atoms with Crippen molar-refractivity contribution in [2.24, 2.45) is 5.73 Å². The summed E-state index contributed by atoms with van der Waals surface area (Å²) in [5.74, 6) is 0.632. The molecule has 0 aliphatic carbocycles. The Kier molecular flexibility index (Phi) is 6.83. The molecule has 1 aromatic heterocycles. The van der Waals surface area contributed by atoms with E-state index in [-0.39, 0.29) is 17.7 Å². The number of hydrogen-bond donors (Lipinski definition) is 1. The summed E-state index contributed by atoms with van der Waals surface area (Å²) >= 11 is 0. The van der Waals surface area contributed by atoms with E-state index in [9.17, 15) is 9.59 Å². The number of piperidine rings is 2. The Balaban J connectivity index is 1.50. The summed E-state index contributed by atoms with van der Waals surface area (Å²) in [6.07, 6.45) is 4.46. The van der Waals surface area contributed by atoms with Gasteiger partial charge in [-0.3, -0.25) is 14.5 Å². The van der Waals surface area contributed by atoms with Crippen LogP contribution in [0, 0.1) is 0 Å². The zero-order valence-corrected chi connectivity index (χ0v) is 19.4. The molecule has 0 saturated carbocycles. The van der Waals surface area contributed by atoms with Gasteiger partial charge in [0.2, 0.25) is 11.8 Å². The van der Waals surface area contributed by atoms with Crippen LogP contribution in [0.5, 0.6) is 11.6 Å². The Morgan fingerprint density at radius 2 is 1.58 bits per heavy atom. The highest BCUT2D eigenvalue weighted by molar-refractivity contribution is 5.97. The molecule has 8 heteroatoms. The van der Waals surface area contributed by atoms with Crippen LogP contribution >= 0.6 is 0 Å². The Labute approximate surface area is 194 Å². The van der Waals surface area contributed by atoms with Gasteiger partial charge in [-0.15, -0.1) is 0 Å². The molecule has 0 atom stereocenters. The van der Waals surface area contributed by atoms with Gasteiger partial charge in [-0.1, -0.05) is 6.42 Å². The van der Waals surface area contributed by atoms with Crippen molar-refractivity contribution in [2.75, 3.05) is 40.4 Å². The number of methoxy groups -OCH3 is 2. The van der Waals surface area contributed by atoms with Crippen molar-refractivity contribution >= 4 is 11.8 Å². The smallest absolute Gasteiger partial charge is 0.259 e. The standard InChI is InChI=1S/C25H32N4O4/c1-32-19-8-6-18(7-9-19)21-11-10-20(22(27-21)33-2)23(30)28-16-12-25(13-17-28,24(26)31)29-14-4-3-5-15-29/h6-11H,3-5,12-17H2,1-2H3,(H2,26,31). The number of nitrogens with zero attached hydrogens (tertiary/aromatic N) is 3. The zero-order chi connectivity index (χ0) is 23.4. The van der Waals surface area contributed by atoms with Crippen molar-refractivity contribution in [3.63, 3.8) is 0 Å². The van der Waals surface area contributed by atoms with Crippen LogP contribution in [-0.2, 0) is 4.79 Å². The number of ether oxygens (including phenoxy) is 2. The first-order valence-corrected chi connectivity index (χ1v) is 11.5. The van der Waals surface area contributed by atoms with Crippen molar-refractivity contribution in [1.82, 2.24) is 14.8 Å². The number of rotatable bonds is 6. The summed E-state index contributed by atoms with van der Waals surface area (Å²) < 4.78 is 10.7. The lowest BCUT2D eigenvalue weighted by atomic mass is 9.83. The molecule has 2 aliphatic heterocycles. The number of primary amides is 1. The van der Waals surface area contributed by atoms with E-state index in [1.807, 2.05) is 30.3 Å². The number of nitrogens with two attached hydrogens (primary N) is 1. The molecule has 0 spiro atoms. The highest BCUT2D eigenvalue weighted by Crippen LogP contribution is 2.33. The average Bonchev–Trinajstić information content (AvgIpc) is 2.88. The second-order valence-electron chi connectivity index (χ2n) is 8.72. The Hall–Kier alpha value is -3.13. The Morgan fingerprint density at radius 1 is 0.909 bits per heavy atom. The molecule has 2 aromatic rings. The van der Waals surface area contributed by atoms with Crippen molar-refractivity contribution < 1.29 is 19.1 Å². The highest BCUT2D eigenvalue weighted by atomic mass is 16.5. The Morgan fingerprint density at radius 3 is 2.15 bits per heavy atom. The van der Waals surface area contributed by atoms with Crippen molar-refractivity contribution in [3.05, 3.63) is 42.0 Å². The zero-order valence-electron chi connectivity index (χ0n) is 19.4. The van der Waals surface area contributed by atoms with Gasteiger partial charge in [-0.05, 0) is 75.2 Å². The second-order valence-corrected chi connectivity index (χ2v) is 8.72. The van der Waals surface area contributed by atoms with Gasteiger partial charge in [0.15, 0.2) is 0 Å².